The Hall–Kier alpha value is -1.33. The topological polar surface area (TPSA) is 42.7 Å². The van der Waals surface area contributed by atoms with Gasteiger partial charge in [0.05, 0.1) is 30.6 Å². The van der Waals surface area contributed by atoms with E-state index in [2.05, 4.69) is 21.0 Å². The molecular formula is C11H11ClN4O. The minimum Gasteiger partial charge on any atom is -0.374 e. The van der Waals surface area contributed by atoms with Crippen LogP contribution in [0.5, 0.6) is 0 Å². The summed E-state index contributed by atoms with van der Waals surface area (Å²) in [6.45, 7) is 1.80. The number of aromatic nitrogens is 3. The highest BCUT2D eigenvalue weighted by Crippen LogP contribution is 2.32. The lowest BCUT2D eigenvalue weighted by atomic mass is 10.2. The quantitative estimate of drug-likeness (QED) is 0.767. The monoisotopic (exact) mass is 250 g/mol. The molecule has 2 aromatic rings. The molecular weight excluding hydrogens is 240 g/mol. The van der Waals surface area contributed by atoms with Gasteiger partial charge in [0.15, 0.2) is 5.65 Å². The standard InChI is InChI=1S/C11H11ClN4O/c12-11-13-10-2-1-7(4-16(10)14-11)15-5-9-3-8(15)6-17-9/h1-2,4,8-9H,3,5-6H2/t8-,9-/m1/s1. The highest BCUT2D eigenvalue weighted by molar-refractivity contribution is 6.28. The lowest BCUT2D eigenvalue weighted by Crippen LogP contribution is -2.37. The lowest BCUT2D eigenvalue weighted by molar-refractivity contribution is 0.0991. The Labute approximate surface area is 103 Å². The summed E-state index contributed by atoms with van der Waals surface area (Å²) in [4.78, 5) is 6.48. The van der Waals surface area contributed by atoms with Crippen LogP contribution < -0.4 is 4.90 Å². The third kappa shape index (κ3) is 1.42. The van der Waals surface area contributed by atoms with E-state index in [0.717, 1.165) is 30.9 Å². The van der Waals surface area contributed by atoms with E-state index in [0.29, 0.717) is 12.1 Å². The second-order valence-electron chi connectivity index (χ2n) is 4.57. The zero-order valence-corrected chi connectivity index (χ0v) is 9.84. The summed E-state index contributed by atoms with van der Waals surface area (Å²) >= 11 is 5.78. The van der Waals surface area contributed by atoms with Crippen LogP contribution in [0, 0.1) is 0 Å². The van der Waals surface area contributed by atoms with Gasteiger partial charge in [-0.05, 0) is 30.2 Å². The van der Waals surface area contributed by atoms with Crippen LogP contribution in [0.4, 0.5) is 5.69 Å². The van der Waals surface area contributed by atoms with Gasteiger partial charge in [0.1, 0.15) is 0 Å². The average molecular weight is 251 g/mol. The maximum atomic E-state index is 5.78. The van der Waals surface area contributed by atoms with Crippen LogP contribution in [0.3, 0.4) is 0 Å². The summed E-state index contributed by atoms with van der Waals surface area (Å²) in [5.41, 5.74) is 1.94. The van der Waals surface area contributed by atoms with Crippen LogP contribution in [0.2, 0.25) is 5.28 Å². The molecule has 0 unspecified atom stereocenters. The number of morpholine rings is 1. The van der Waals surface area contributed by atoms with Gasteiger partial charge in [-0.1, -0.05) is 0 Å². The largest absolute Gasteiger partial charge is 0.374 e. The Kier molecular flexibility index (Phi) is 1.90. The molecule has 88 valence electrons. The molecule has 0 spiro atoms. The highest BCUT2D eigenvalue weighted by Gasteiger charge is 2.39. The fraction of sp³-hybridized carbons (Fsp3) is 0.455. The number of halogens is 1. The fourth-order valence-corrected chi connectivity index (χ4v) is 2.90. The predicted octanol–water partition coefficient (Wildman–Crippen LogP) is 1.36. The van der Waals surface area contributed by atoms with E-state index < -0.39 is 0 Å². The van der Waals surface area contributed by atoms with E-state index >= 15 is 0 Å². The number of pyridine rings is 1. The van der Waals surface area contributed by atoms with Crippen molar-refractivity contribution >= 4 is 22.9 Å². The third-order valence-electron chi connectivity index (χ3n) is 3.52. The van der Waals surface area contributed by atoms with Crippen LogP contribution in [-0.4, -0.2) is 39.9 Å². The lowest BCUT2D eigenvalue weighted by Gasteiger charge is -2.28. The second-order valence-corrected chi connectivity index (χ2v) is 4.91. The molecule has 5 nitrogen and oxygen atoms in total. The molecule has 2 saturated heterocycles. The fourth-order valence-electron chi connectivity index (χ4n) is 2.73. The molecule has 4 rings (SSSR count). The smallest absolute Gasteiger partial charge is 0.243 e. The van der Waals surface area contributed by atoms with Gasteiger partial charge in [0, 0.05) is 6.54 Å². The average Bonchev–Trinajstić information content (AvgIpc) is 3.00. The Morgan fingerprint density at radius 3 is 3.12 bits per heavy atom. The summed E-state index contributed by atoms with van der Waals surface area (Å²) in [6.07, 6.45) is 3.51. The first-order chi connectivity index (χ1) is 8.29. The van der Waals surface area contributed by atoms with Crippen molar-refractivity contribution in [2.24, 2.45) is 0 Å². The van der Waals surface area contributed by atoms with Gasteiger partial charge in [-0.3, -0.25) is 0 Å². The van der Waals surface area contributed by atoms with Gasteiger partial charge in [-0.25, -0.2) is 4.52 Å². The molecule has 2 fully saturated rings. The molecule has 4 heterocycles. The molecule has 0 radical (unpaired) electrons. The van der Waals surface area contributed by atoms with Crippen molar-refractivity contribution in [1.82, 2.24) is 14.6 Å². The Balaban J connectivity index is 1.75. The van der Waals surface area contributed by atoms with E-state index in [4.69, 9.17) is 16.3 Å². The Bertz CT molecular complexity index is 584. The number of nitrogens with zero attached hydrogens (tertiary/aromatic N) is 4. The number of anilines is 1. The second kappa shape index (κ2) is 3.34. The number of hydrogen-bond donors (Lipinski definition) is 0. The van der Waals surface area contributed by atoms with Crippen molar-refractivity contribution < 1.29 is 4.74 Å². The van der Waals surface area contributed by atoms with E-state index in [-0.39, 0.29) is 5.28 Å². The molecule has 2 bridgehead atoms. The number of hydrogen-bond acceptors (Lipinski definition) is 4. The van der Waals surface area contributed by atoms with Crippen molar-refractivity contribution in [3.63, 3.8) is 0 Å². The first-order valence-corrected chi connectivity index (χ1v) is 6.07. The van der Waals surface area contributed by atoms with Crippen LogP contribution in [-0.2, 0) is 4.74 Å². The van der Waals surface area contributed by atoms with Crippen LogP contribution in [0.15, 0.2) is 18.3 Å². The van der Waals surface area contributed by atoms with Crippen molar-refractivity contribution in [2.75, 3.05) is 18.1 Å². The summed E-state index contributed by atoms with van der Waals surface area (Å²) in [6, 6.07) is 4.53. The molecule has 0 saturated carbocycles. The van der Waals surface area contributed by atoms with Crippen molar-refractivity contribution in [2.45, 2.75) is 18.6 Å². The first kappa shape index (κ1) is 9.67. The summed E-state index contributed by atoms with van der Waals surface area (Å²) in [5, 5.41) is 4.41. The van der Waals surface area contributed by atoms with Crippen molar-refractivity contribution in [1.29, 1.82) is 0 Å². The van der Waals surface area contributed by atoms with Gasteiger partial charge in [-0.2, -0.15) is 4.98 Å². The highest BCUT2D eigenvalue weighted by atomic mass is 35.5. The summed E-state index contributed by atoms with van der Waals surface area (Å²) < 4.78 is 7.32. The molecule has 2 aliphatic rings. The molecule has 2 aromatic heterocycles. The van der Waals surface area contributed by atoms with E-state index in [1.165, 1.54) is 0 Å². The van der Waals surface area contributed by atoms with E-state index in [1.807, 2.05) is 12.3 Å². The molecule has 2 aliphatic heterocycles. The van der Waals surface area contributed by atoms with Crippen LogP contribution in [0.25, 0.3) is 5.65 Å². The van der Waals surface area contributed by atoms with Crippen molar-refractivity contribution in [3.05, 3.63) is 23.6 Å². The minimum atomic E-state index is 0.286. The van der Waals surface area contributed by atoms with Crippen LogP contribution >= 0.6 is 11.6 Å². The SMILES string of the molecule is Clc1nc2ccc(N3C[C@H]4C[C@@H]3CO4)cn2n1. The normalized spacial score (nSPS) is 27.2. The third-order valence-corrected chi connectivity index (χ3v) is 3.68. The molecule has 6 heteroatoms. The van der Waals surface area contributed by atoms with Gasteiger partial charge in [0.25, 0.3) is 0 Å². The Morgan fingerprint density at radius 2 is 2.35 bits per heavy atom. The maximum Gasteiger partial charge on any atom is 0.243 e. The summed E-state index contributed by atoms with van der Waals surface area (Å²) in [7, 11) is 0. The van der Waals surface area contributed by atoms with E-state index in [1.54, 1.807) is 4.52 Å². The number of fused-ring (bicyclic) bond motifs is 3. The Morgan fingerprint density at radius 1 is 1.41 bits per heavy atom. The minimum absolute atomic E-state index is 0.286. The summed E-state index contributed by atoms with van der Waals surface area (Å²) in [5.74, 6) is 0. The zero-order valence-electron chi connectivity index (χ0n) is 9.08. The molecule has 0 aromatic carbocycles. The van der Waals surface area contributed by atoms with Gasteiger partial charge in [-0.15, -0.1) is 5.10 Å². The number of rotatable bonds is 1. The van der Waals surface area contributed by atoms with Gasteiger partial charge in [0.2, 0.25) is 5.28 Å². The van der Waals surface area contributed by atoms with Crippen molar-refractivity contribution in [3.8, 4) is 0 Å². The number of ether oxygens (including phenoxy) is 1. The van der Waals surface area contributed by atoms with Gasteiger partial charge >= 0.3 is 0 Å². The predicted molar refractivity (Wildman–Crippen MR) is 63.5 cm³/mol. The molecule has 17 heavy (non-hydrogen) atoms. The van der Waals surface area contributed by atoms with Crippen LogP contribution in [0.1, 0.15) is 6.42 Å². The molecule has 0 aliphatic carbocycles. The molecule has 0 amide bonds. The molecule has 0 N–H and O–H groups in total. The van der Waals surface area contributed by atoms with E-state index in [9.17, 15) is 0 Å². The maximum absolute atomic E-state index is 5.78. The van der Waals surface area contributed by atoms with Gasteiger partial charge < -0.3 is 9.64 Å². The molecule has 2 atom stereocenters. The first-order valence-electron chi connectivity index (χ1n) is 5.70. The zero-order chi connectivity index (χ0) is 11.4.